The van der Waals surface area contributed by atoms with Crippen LogP contribution < -0.4 is 4.74 Å². The highest BCUT2D eigenvalue weighted by Gasteiger charge is 2.28. The van der Waals surface area contributed by atoms with E-state index in [1.165, 1.54) is 5.57 Å². The van der Waals surface area contributed by atoms with Gasteiger partial charge in [-0.3, -0.25) is 0 Å². The van der Waals surface area contributed by atoms with Gasteiger partial charge in [-0.1, -0.05) is 17.3 Å². The second-order valence-corrected chi connectivity index (χ2v) is 9.02. The monoisotopic (exact) mass is 460 g/mol. The van der Waals surface area contributed by atoms with Crippen molar-refractivity contribution in [3.8, 4) is 11.4 Å². The molecule has 3 heterocycles. The molecule has 0 spiro atoms. The number of benzene rings is 2. The van der Waals surface area contributed by atoms with Crippen molar-refractivity contribution in [1.29, 1.82) is 0 Å². The smallest absolute Gasteiger partial charge is 0.168 e. The molecule has 34 heavy (non-hydrogen) atoms. The number of oxime groups is 1. The van der Waals surface area contributed by atoms with Crippen molar-refractivity contribution in [1.82, 2.24) is 14.5 Å². The number of aryl methyl sites for hydroxylation is 2. The van der Waals surface area contributed by atoms with E-state index in [-0.39, 0.29) is 11.9 Å². The summed E-state index contributed by atoms with van der Waals surface area (Å²) in [5.41, 5.74) is 6.11. The first-order valence-corrected chi connectivity index (χ1v) is 11.6. The van der Waals surface area contributed by atoms with E-state index in [2.05, 4.69) is 39.3 Å². The summed E-state index contributed by atoms with van der Waals surface area (Å²) < 4.78 is 21.6. The SMILES string of the molecule is COc1cc(C2=CC3=NOCC(Cc4cc(C)cc(F)c4)N3CCC2)ccc1-n1cnc(C)c1. The molecule has 3 aromatic rings. The summed E-state index contributed by atoms with van der Waals surface area (Å²) in [5.74, 6) is 1.42. The van der Waals surface area contributed by atoms with Gasteiger partial charge in [0.1, 0.15) is 18.2 Å². The van der Waals surface area contributed by atoms with Crippen molar-refractivity contribution in [3.05, 3.63) is 83.2 Å². The van der Waals surface area contributed by atoms with Crippen molar-refractivity contribution < 1.29 is 14.0 Å². The van der Waals surface area contributed by atoms with Gasteiger partial charge in [-0.25, -0.2) is 9.37 Å². The number of allylic oxidation sites excluding steroid dienone is 1. The molecule has 176 valence electrons. The first kappa shape index (κ1) is 22.2. The van der Waals surface area contributed by atoms with Crippen LogP contribution in [0.25, 0.3) is 11.3 Å². The fourth-order valence-electron chi connectivity index (χ4n) is 4.84. The average molecular weight is 461 g/mol. The highest BCUT2D eigenvalue weighted by molar-refractivity contribution is 6.00. The van der Waals surface area contributed by atoms with Crippen LogP contribution in [-0.2, 0) is 11.3 Å². The molecule has 0 saturated carbocycles. The molecular weight excluding hydrogens is 431 g/mol. The van der Waals surface area contributed by atoms with Gasteiger partial charge in [0.15, 0.2) is 5.84 Å². The number of hydrogen-bond acceptors (Lipinski definition) is 5. The third kappa shape index (κ3) is 4.55. The van der Waals surface area contributed by atoms with Crippen LogP contribution in [0.2, 0.25) is 0 Å². The van der Waals surface area contributed by atoms with E-state index in [1.807, 2.05) is 30.7 Å². The lowest BCUT2D eigenvalue weighted by molar-refractivity contribution is 0.0620. The molecule has 1 aromatic heterocycles. The summed E-state index contributed by atoms with van der Waals surface area (Å²) in [5, 5.41) is 4.37. The molecule has 2 aliphatic heterocycles. The van der Waals surface area contributed by atoms with Crippen molar-refractivity contribution in [3.63, 3.8) is 0 Å². The van der Waals surface area contributed by atoms with Crippen LogP contribution in [0.15, 0.2) is 60.2 Å². The van der Waals surface area contributed by atoms with E-state index in [1.54, 1.807) is 25.6 Å². The van der Waals surface area contributed by atoms with Gasteiger partial charge in [-0.2, -0.15) is 0 Å². The van der Waals surface area contributed by atoms with E-state index in [9.17, 15) is 4.39 Å². The lowest BCUT2D eigenvalue weighted by Gasteiger charge is -2.34. The molecular formula is C27H29FN4O2. The molecule has 0 saturated heterocycles. The lowest BCUT2D eigenvalue weighted by atomic mass is 10.0. The second kappa shape index (κ2) is 9.33. The Morgan fingerprint density at radius 2 is 2.06 bits per heavy atom. The Morgan fingerprint density at radius 1 is 1.18 bits per heavy atom. The van der Waals surface area contributed by atoms with Gasteiger partial charge >= 0.3 is 0 Å². The van der Waals surface area contributed by atoms with Crippen molar-refractivity contribution >= 4 is 11.4 Å². The summed E-state index contributed by atoms with van der Waals surface area (Å²) in [4.78, 5) is 12.2. The summed E-state index contributed by atoms with van der Waals surface area (Å²) in [6.45, 7) is 5.26. The zero-order chi connectivity index (χ0) is 23.7. The average Bonchev–Trinajstić information content (AvgIpc) is 3.12. The molecule has 5 rings (SSSR count). The van der Waals surface area contributed by atoms with Crippen molar-refractivity contribution in [2.75, 3.05) is 20.3 Å². The molecule has 1 atom stereocenters. The number of aromatic nitrogens is 2. The van der Waals surface area contributed by atoms with Gasteiger partial charge in [-0.05, 0) is 85.7 Å². The highest BCUT2D eigenvalue weighted by atomic mass is 19.1. The highest BCUT2D eigenvalue weighted by Crippen LogP contribution is 2.32. The Hall–Kier alpha value is -3.61. The molecule has 1 unspecified atom stereocenters. The topological polar surface area (TPSA) is 51.9 Å². The van der Waals surface area contributed by atoms with Gasteiger partial charge in [0.25, 0.3) is 0 Å². The fraction of sp³-hybridized carbons (Fsp3) is 0.333. The Balaban J connectivity index is 1.41. The van der Waals surface area contributed by atoms with Gasteiger partial charge in [-0.15, -0.1) is 0 Å². The normalized spacial score (nSPS) is 17.9. The van der Waals surface area contributed by atoms with E-state index in [0.29, 0.717) is 13.0 Å². The predicted molar refractivity (Wildman–Crippen MR) is 131 cm³/mol. The molecule has 2 aromatic carbocycles. The van der Waals surface area contributed by atoms with Crippen LogP contribution in [0.1, 0.15) is 35.2 Å². The number of imidazole rings is 1. The Morgan fingerprint density at radius 3 is 2.82 bits per heavy atom. The zero-order valence-corrected chi connectivity index (χ0v) is 19.8. The Kier molecular flexibility index (Phi) is 6.09. The number of fused-ring (bicyclic) bond motifs is 1. The maximum atomic E-state index is 13.9. The van der Waals surface area contributed by atoms with Crippen LogP contribution in [0, 0.1) is 19.7 Å². The number of hydrogen-bond donors (Lipinski definition) is 0. The quantitative estimate of drug-likeness (QED) is 0.533. The van der Waals surface area contributed by atoms with Crippen molar-refractivity contribution in [2.24, 2.45) is 5.16 Å². The molecule has 0 fully saturated rings. The van der Waals surface area contributed by atoms with Crippen LogP contribution in [0.4, 0.5) is 4.39 Å². The van der Waals surface area contributed by atoms with Crippen LogP contribution in [-0.4, -0.2) is 46.6 Å². The molecule has 0 bridgehead atoms. The predicted octanol–water partition coefficient (Wildman–Crippen LogP) is 5.07. The number of methoxy groups -OCH3 is 1. The summed E-state index contributed by atoms with van der Waals surface area (Å²) in [7, 11) is 1.69. The third-order valence-corrected chi connectivity index (χ3v) is 6.42. The zero-order valence-electron chi connectivity index (χ0n) is 19.8. The van der Waals surface area contributed by atoms with Crippen molar-refractivity contribution in [2.45, 2.75) is 39.2 Å². The fourth-order valence-corrected chi connectivity index (χ4v) is 4.84. The summed E-state index contributed by atoms with van der Waals surface area (Å²) >= 11 is 0. The van der Waals surface area contributed by atoms with Crippen LogP contribution in [0.5, 0.6) is 5.75 Å². The molecule has 2 aliphatic rings. The molecule has 0 radical (unpaired) electrons. The maximum Gasteiger partial charge on any atom is 0.168 e. The minimum atomic E-state index is -0.193. The number of nitrogens with zero attached hydrogens (tertiary/aromatic N) is 4. The van der Waals surface area contributed by atoms with E-state index in [0.717, 1.165) is 59.0 Å². The van der Waals surface area contributed by atoms with Gasteiger partial charge in [0, 0.05) is 12.7 Å². The van der Waals surface area contributed by atoms with E-state index >= 15 is 0 Å². The van der Waals surface area contributed by atoms with E-state index < -0.39 is 0 Å². The first-order chi connectivity index (χ1) is 16.5. The first-order valence-electron chi connectivity index (χ1n) is 11.6. The molecule has 0 N–H and O–H groups in total. The minimum Gasteiger partial charge on any atom is -0.495 e. The lowest BCUT2D eigenvalue weighted by Crippen LogP contribution is -2.46. The number of halogens is 1. The largest absolute Gasteiger partial charge is 0.495 e. The summed E-state index contributed by atoms with van der Waals surface area (Å²) in [6.07, 6.45) is 8.53. The molecule has 6 nitrogen and oxygen atoms in total. The van der Waals surface area contributed by atoms with Gasteiger partial charge < -0.3 is 19.0 Å². The number of amidine groups is 1. The Bertz CT molecular complexity index is 1240. The molecule has 0 amide bonds. The minimum absolute atomic E-state index is 0.116. The maximum absolute atomic E-state index is 13.9. The molecule has 7 heteroatoms. The van der Waals surface area contributed by atoms with Gasteiger partial charge in [0.2, 0.25) is 0 Å². The third-order valence-electron chi connectivity index (χ3n) is 6.42. The standard InChI is InChI=1S/C27H29FN4O2/c1-18-9-20(11-23(28)10-18)12-24-16-34-30-27-14-21(5-4-8-32(24)27)22-6-7-25(26(13-22)33-3)31-15-19(2)29-17-31/h6-7,9-11,13-15,17,24H,4-5,8,12,16H2,1-3H3. The van der Waals surface area contributed by atoms with Crippen LogP contribution >= 0.6 is 0 Å². The number of ether oxygens (including phenoxy) is 1. The number of rotatable bonds is 5. The second-order valence-electron chi connectivity index (χ2n) is 9.02. The Labute approximate surface area is 199 Å². The van der Waals surface area contributed by atoms with E-state index in [4.69, 9.17) is 9.57 Å². The summed E-state index contributed by atoms with van der Waals surface area (Å²) in [6, 6.07) is 11.6. The van der Waals surface area contributed by atoms with Crippen LogP contribution in [0.3, 0.4) is 0 Å². The van der Waals surface area contributed by atoms with Gasteiger partial charge in [0.05, 0.1) is 30.9 Å². The molecule has 0 aliphatic carbocycles.